The number of aryl methyl sites for hydroxylation is 2. The zero-order valence-corrected chi connectivity index (χ0v) is 12.7. The van der Waals surface area contributed by atoms with Gasteiger partial charge in [0.2, 0.25) is 5.95 Å². The minimum atomic E-state index is -0.0551. The Kier molecular flexibility index (Phi) is 3.67. The van der Waals surface area contributed by atoms with E-state index in [1.807, 2.05) is 13.8 Å². The SMILES string of the molecule is CCn1c(NCC2CCCO2)nc2c(C)nn(C)c2c1=O. The number of ether oxygens (including phenoxy) is 1. The van der Waals surface area contributed by atoms with Crippen LogP contribution >= 0.6 is 0 Å². The first-order chi connectivity index (χ1) is 10.1. The molecule has 1 saturated heterocycles. The van der Waals surface area contributed by atoms with E-state index in [0.717, 1.165) is 25.1 Å². The Morgan fingerprint density at radius 2 is 2.29 bits per heavy atom. The van der Waals surface area contributed by atoms with Gasteiger partial charge in [-0.1, -0.05) is 0 Å². The van der Waals surface area contributed by atoms with Crippen molar-refractivity contribution in [1.82, 2.24) is 19.3 Å². The van der Waals surface area contributed by atoms with E-state index in [1.165, 1.54) is 0 Å². The van der Waals surface area contributed by atoms with Crippen LogP contribution in [0.3, 0.4) is 0 Å². The highest BCUT2D eigenvalue weighted by Crippen LogP contribution is 2.16. The molecule has 0 aromatic carbocycles. The van der Waals surface area contributed by atoms with E-state index in [-0.39, 0.29) is 11.7 Å². The summed E-state index contributed by atoms with van der Waals surface area (Å²) >= 11 is 0. The van der Waals surface area contributed by atoms with Gasteiger partial charge >= 0.3 is 0 Å². The fourth-order valence-corrected chi connectivity index (χ4v) is 2.85. The summed E-state index contributed by atoms with van der Waals surface area (Å²) in [6, 6.07) is 0. The second-order valence-corrected chi connectivity index (χ2v) is 5.41. The van der Waals surface area contributed by atoms with Crippen LogP contribution in [0.5, 0.6) is 0 Å². The number of nitrogens with zero attached hydrogens (tertiary/aromatic N) is 4. The van der Waals surface area contributed by atoms with Crippen molar-refractivity contribution in [2.75, 3.05) is 18.5 Å². The molecular formula is C14H21N5O2. The molecule has 0 aliphatic carbocycles. The average molecular weight is 291 g/mol. The van der Waals surface area contributed by atoms with E-state index >= 15 is 0 Å². The summed E-state index contributed by atoms with van der Waals surface area (Å²) < 4.78 is 8.86. The third kappa shape index (κ3) is 2.42. The molecule has 1 atom stereocenters. The van der Waals surface area contributed by atoms with Gasteiger partial charge in [-0.25, -0.2) is 4.98 Å². The summed E-state index contributed by atoms with van der Waals surface area (Å²) in [5.41, 5.74) is 1.94. The first-order valence-electron chi connectivity index (χ1n) is 7.41. The fourth-order valence-electron chi connectivity index (χ4n) is 2.85. The molecule has 1 aliphatic heterocycles. The summed E-state index contributed by atoms with van der Waals surface area (Å²) in [5.74, 6) is 0.599. The Bertz CT molecular complexity index is 712. The minimum absolute atomic E-state index is 0.0551. The minimum Gasteiger partial charge on any atom is -0.376 e. The van der Waals surface area contributed by atoms with E-state index in [2.05, 4.69) is 15.4 Å². The molecule has 7 nitrogen and oxygen atoms in total. The number of hydrogen-bond donors (Lipinski definition) is 1. The molecule has 1 aliphatic rings. The third-order valence-electron chi connectivity index (χ3n) is 3.94. The summed E-state index contributed by atoms with van der Waals surface area (Å²) in [6.07, 6.45) is 2.36. The van der Waals surface area contributed by atoms with E-state index in [1.54, 1.807) is 16.3 Å². The summed E-state index contributed by atoms with van der Waals surface area (Å²) in [7, 11) is 1.78. The van der Waals surface area contributed by atoms with Crippen molar-refractivity contribution in [2.45, 2.75) is 39.3 Å². The van der Waals surface area contributed by atoms with Gasteiger partial charge in [0.25, 0.3) is 5.56 Å². The first kappa shape index (κ1) is 14.1. The largest absolute Gasteiger partial charge is 0.376 e. The Morgan fingerprint density at radius 3 is 2.95 bits per heavy atom. The molecule has 114 valence electrons. The molecule has 3 heterocycles. The van der Waals surface area contributed by atoms with Gasteiger partial charge in [0.1, 0.15) is 5.52 Å². The van der Waals surface area contributed by atoms with Crippen LogP contribution in [0.2, 0.25) is 0 Å². The molecule has 0 amide bonds. The van der Waals surface area contributed by atoms with Crippen LogP contribution in [0, 0.1) is 6.92 Å². The number of nitrogens with one attached hydrogen (secondary N) is 1. The normalized spacial score (nSPS) is 18.5. The van der Waals surface area contributed by atoms with Crippen LogP contribution in [0.4, 0.5) is 5.95 Å². The topological polar surface area (TPSA) is 74.0 Å². The average Bonchev–Trinajstić information content (AvgIpc) is 3.05. The van der Waals surface area contributed by atoms with Crippen LogP contribution in [0.15, 0.2) is 4.79 Å². The van der Waals surface area contributed by atoms with Crippen LogP contribution in [-0.4, -0.2) is 38.6 Å². The van der Waals surface area contributed by atoms with Crippen molar-refractivity contribution in [3.63, 3.8) is 0 Å². The van der Waals surface area contributed by atoms with Crippen molar-refractivity contribution >= 4 is 17.0 Å². The first-order valence-corrected chi connectivity index (χ1v) is 7.41. The van der Waals surface area contributed by atoms with Crippen molar-refractivity contribution in [2.24, 2.45) is 7.05 Å². The maximum absolute atomic E-state index is 12.6. The molecule has 3 rings (SSSR count). The predicted molar refractivity (Wildman–Crippen MR) is 80.6 cm³/mol. The summed E-state index contributed by atoms with van der Waals surface area (Å²) in [4.78, 5) is 17.2. The van der Waals surface area contributed by atoms with E-state index < -0.39 is 0 Å². The second-order valence-electron chi connectivity index (χ2n) is 5.41. The van der Waals surface area contributed by atoms with Crippen LogP contribution in [-0.2, 0) is 18.3 Å². The number of hydrogen-bond acceptors (Lipinski definition) is 5. The van der Waals surface area contributed by atoms with Gasteiger partial charge < -0.3 is 10.1 Å². The summed E-state index contributed by atoms with van der Waals surface area (Å²) in [5, 5.41) is 7.56. The van der Waals surface area contributed by atoms with Gasteiger partial charge in [-0.15, -0.1) is 0 Å². The molecule has 1 fully saturated rings. The Morgan fingerprint density at radius 1 is 1.48 bits per heavy atom. The zero-order valence-electron chi connectivity index (χ0n) is 12.7. The van der Waals surface area contributed by atoms with Gasteiger partial charge in [0.15, 0.2) is 5.52 Å². The van der Waals surface area contributed by atoms with E-state index in [4.69, 9.17) is 4.74 Å². The Labute approximate surface area is 122 Å². The van der Waals surface area contributed by atoms with Gasteiger partial charge in [-0.05, 0) is 26.7 Å². The van der Waals surface area contributed by atoms with Gasteiger partial charge in [0, 0.05) is 26.7 Å². The molecule has 0 spiro atoms. The lowest BCUT2D eigenvalue weighted by atomic mass is 10.2. The maximum Gasteiger partial charge on any atom is 0.281 e. The Hall–Kier alpha value is -1.89. The van der Waals surface area contributed by atoms with Crippen LogP contribution < -0.4 is 10.9 Å². The molecule has 2 aromatic rings. The number of aromatic nitrogens is 4. The lowest BCUT2D eigenvalue weighted by Crippen LogP contribution is -2.28. The van der Waals surface area contributed by atoms with Crippen molar-refractivity contribution in [3.8, 4) is 0 Å². The quantitative estimate of drug-likeness (QED) is 0.911. The third-order valence-corrected chi connectivity index (χ3v) is 3.94. The Balaban J connectivity index is 2.00. The fraction of sp³-hybridized carbons (Fsp3) is 0.643. The van der Waals surface area contributed by atoms with E-state index in [9.17, 15) is 4.79 Å². The standard InChI is InChI=1S/C14H21N5O2/c1-4-19-13(20)12-11(9(2)17-18(12)3)16-14(19)15-8-10-6-5-7-21-10/h10H,4-8H2,1-3H3,(H,15,16). The molecule has 7 heteroatoms. The smallest absolute Gasteiger partial charge is 0.281 e. The molecule has 0 radical (unpaired) electrons. The number of fused-ring (bicyclic) bond motifs is 1. The molecule has 21 heavy (non-hydrogen) atoms. The highest BCUT2D eigenvalue weighted by molar-refractivity contribution is 5.77. The van der Waals surface area contributed by atoms with Gasteiger partial charge in [-0.3, -0.25) is 14.0 Å². The molecular weight excluding hydrogens is 270 g/mol. The number of anilines is 1. The van der Waals surface area contributed by atoms with Crippen molar-refractivity contribution in [1.29, 1.82) is 0 Å². The zero-order chi connectivity index (χ0) is 15.0. The highest BCUT2D eigenvalue weighted by Gasteiger charge is 2.19. The second kappa shape index (κ2) is 5.48. The predicted octanol–water partition coefficient (Wildman–Crippen LogP) is 1.05. The van der Waals surface area contributed by atoms with E-state index in [0.29, 0.717) is 30.1 Å². The molecule has 1 N–H and O–H groups in total. The molecule has 2 aromatic heterocycles. The monoisotopic (exact) mass is 291 g/mol. The number of rotatable bonds is 4. The maximum atomic E-state index is 12.6. The van der Waals surface area contributed by atoms with Crippen molar-refractivity contribution < 1.29 is 4.74 Å². The summed E-state index contributed by atoms with van der Waals surface area (Å²) in [6.45, 7) is 5.88. The van der Waals surface area contributed by atoms with Crippen molar-refractivity contribution in [3.05, 3.63) is 16.0 Å². The molecule has 0 bridgehead atoms. The van der Waals surface area contributed by atoms with Gasteiger partial charge in [-0.2, -0.15) is 5.10 Å². The lowest BCUT2D eigenvalue weighted by Gasteiger charge is -2.15. The van der Waals surface area contributed by atoms with Gasteiger partial charge in [0.05, 0.1) is 11.8 Å². The lowest BCUT2D eigenvalue weighted by molar-refractivity contribution is 0.120. The van der Waals surface area contributed by atoms with Crippen LogP contribution in [0.25, 0.3) is 11.0 Å². The van der Waals surface area contributed by atoms with Crippen LogP contribution in [0.1, 0.15) is 25.5 Å². The molecule has 0 saturated carbocycles. The highest BCUT2D eigenvalue weighted by atomic mass is 16.5. The molecule has 1 unspecified atom stereocenters.